The van der Waals surface area contributed by atoms with E-state index in [4.69, 9.17) is 62.8 Å². The largest absolute Gasteiger partial charge is 0.394 e. The summed E-state index contributed by atoms with van der Waals surface area (Å²) in [6, 6.07) is -2.80. The molecule has 4 fully saturated rings. The molecule has 0 spiro atoms. The lowest BCUT2D eigenvalue weighted by molar-refractivity contribution is -0.352. The normalized spacial score (nSPS) is 55.6. The number of ether oxygens (including phenoxy) is 6. The van der Waals surface area contributed by atoms with E-state index >= 15 is 0 Å². The highest BCUT2D eigenvalue weighted by atomic mass is 16.8. The maximum absolute atomic E-state index is 11.9. The molecule has 0 amide bonds. The molecule has 7 unspecified atom stereocenters. The Morgan fingerprint density at radius 3 is 1.74 bits per heavy atom. The number of aliphatic hydroxyl groups excluding tert-OH is 7. The first-order chi connectivity index (χ1) is 19.7. The highest BCUT2D eigenvalue weighted by Gasteiger charge is 2.64. The molecule has 4 aliphatic rings. The van der Waals surface area contributed by atoms with Crippen LogP contribution in [0.2, 0.25) is 0 Å². The maximum atomic E-state index is 11.9. The Bertz CT molecular complexity index is 899. The van der Waals surface area contributed by atoms with E-state index < -0.39 is 123 Å². The van der Waals surface area contributed by atoms with Gasteiger partial charge in [-0.15, -0.1) is 0 Å². The number of nitrogens with two attached hydrogens (primary N) is 6. The first-order valence-electron chi connectivity index (χ1n) is 13.5. The van der Waals surface area contributed by atoms with Gasteiger partial charge in [-0.1, -0.05) is 0 Å². The van der Waals surface area contributed by atoms with Crippen molar-refractivity contribution in [3.8, 4) is 0 Å². The summed E-state index contributed by atoms with van der Waals surface area (Å²) in [4.78, 5) is 0. The number of rotatable bonds is 8. The summed E-state index contributed by atoms with van der Waals surface area (Å²) >= 11 is 0. The van der Waals surface area contributed by atoms with Crippen molar-refractivity contribution < 1.29 is 69.3 Å². The van der Waals surface area contributed by atoms with Crippen molar-refractivity contribution in [1.82, 2.24) is 0 Å². The molecule has 42 heavy (non-hydrogen) atoms. The fourth-order valence-electron chi connectivity index (χ4n) is 5.78. The monoisotopic (exact) mass is 616 g/mol. The van der Waals surface area contributed by atoms with E-state index in [1.807, 2.05) is 0 Å². The van der Waals surface area contributed by atoms with Crippen LogP contribution >= 0.6 is 0 Å². The van der Waals surface area contributed by atoms with Gasteiger partial charge in [0.25, 0.3) is 0 Å². The van der Waals surface area contributed by atoms with Crippen molar-refractivity contribution in [2.45, 2.75) is 116 Å². The molecule has 0 saturated carbocycles. The minimum Gasteiger partial charge on any atom is -0.394 e. The second kappa shape index (κ2) is 13.3. The van der Waals surface area contributed by atoms with Gasteiger partial charge in [0.1, 0.15) is 79.6 Å². The molecular weight excluding hydrogens is 572 g/mol. The van der Waals surface area contributed by atoms with E-state index in [9.17, 15) is 40.9 Å². The molecular formula is C22H44N6O14. The summed E-state index contributed by atoms with van der Waals surface area (Å²) in [6.45, 7) is -1.23. The van der Waals surface area contributed by atoms with Crippen molar-refractivity contribution in [3.05, 3.63) is 0 Å². The smallest absolute Gasteiger partial charge is 0.187 e. The van der Waals surface area contributed by atoms with Crippen LogP contribution in [0.3, 0.4) is 0 Å². The minimum absolute atomic E-state index is 0.202. The highest BCUT2D eigenvalue weighted by Crippen LogP contribution is 2.40. The summed E-state index contributed by atoms with van der Waals surface area (Å²) in [6.07, 6.45) is -24.7. The fourth-order valence-corrected chi connectivity index (χ4v) is 5.78. The lowest BCUT2D eigenvalue weighted by Gasteiger charge is -2.55. The topological polar surface area (TPSA) is 373 Å². The van der Waals surface area contributed by atoms with Crippen LogP contribution in [0.15, 0.2) is 0 Å². The molecule has 20 N–H and O–H groups in total. The number of hydrogen-bond donors (Lipinski definition) is 14. The van der Waals surface area contributed by atoms with Crippen LogP contribution in [-0.4, -0.2) is 177 Å². The summed E-state index contributed by atoms with van der Waals surface area (Å²) < 4.78 is 33.7. The predicted molar refractivity (Wildman–Crippen MR) is 135 cm³/mol. The van der Waals surface area contributed by atoms with Gasteiger partial charge in [-0.3, -0.25) is 0 Å². The lowest BCUT2D eigenvalue weighted by Crippen LogP contribution is -2.80. The van der Waals surface area contributed by atoms with Crippen molar-refractivity contribution >= 4 is 0 Å². The van der Waals surface area contributed by atoms with E-state index in [0.29, 0.717) is 0 Å². The van der Waals surface area contributed by atoms with Gasteiger partial charge < -0.3 is 104 Å². The van der Waals surface area contributed by atoms with E-state index in [0.717, 1.165) is 0 Å². The Morgan fingerprint density at radius 1 is 0.619 bits per heavy atom. The van der Waals surface area contributed by atoms with Crippen LogP contribution in [0.25, 0.3) is 0 Å². The SMILES string of the molecule is NCC1O[C@@H]([C@@]2(O)C(N)O[C@@H](N)C(O)[C@H]2O[C@@H]2O[C@H](CO)[C@H](O[C@H]3O[C@H](CN)[C@@H](O)C(O)C3N)C2O)C(N)[C@@H](O)[C@H]1O. The molecule has 246 valence electrons. The van der Waals surface area contributed by atoms with Crippen LogP contribution in [0.4, 0.5) is 0 Å². The summed E-state index contributed by atoms with van der Waals surface area (Å²) in [5.74, 6) is 0. The summed E-state index contributed by atoms with van der Waals surface area (Å²) in [5, 5.41) is 85.1. The number of aliphatic hydroxyl groups is 8. The average molecular weight is 617 g/mol. The minimum atomic E-state index is -2.59. The predicted octanol–water partition coefficient (Wildman–Crippen LogP) is -9.97. The molecule has 20 heteroatoms. The zero-order valence-corrected chi connectivity index (χ0v) is 22.5. The first-order valence-corrected chi connectivity index (χ1v) is 13.5. The Kier molecular flexibility index (Phi) is 10.8. The second-order valence-corrected chi connectivity index (χ2v) is 11.0. The van der Waals surface area contributed by atoms with Crippen molar-refractivity contribution in [1.29, 1.82) is 0 Å². The summed E-state index contributed by atoms with van der Waals surface area (Å²) in [7, 11) is 0. The van der Waals surface area contributed by atoms with Crippen LogP contribution in [-0.2, 0) is 28.4 Å². The molecule has 0 bridgehead atoms. The Morgan fingerprint density at radius 2 is 1.17 bits per heavy atom. The zero-order chi connectivity index (χ0) is 31.3. The van der Waals surface area contributed by atoms with Gasteiger partial charge in [0.2, 0.25) is 0 Å². The van der Waals surface area contributed by atoms with Gasteiger partial charge in [-0.05, 0) is 0 Å². The van der Waals surface area contributed by atoms with Crippen LogP contribution in [0.5, 0.6) is 0 Å². The molecule has 4 aliphatic heterocycles. The Hall–Kier alpha value is -0.800. The molecule has 4 rings (SSSR count). The average Bonchev–Trinajstić information content (AvgIpc) is 3.26. The summed E-state index contributed by atoms with van der Waals surface area (Å²) in [5.41, 5.74) is 32.6. The van der Waals surface area contributed by atoms with Gasteiger partial charge in [0.05, 0.1) is 24.8 Å². The molecule has 4 heterocycles. The standard InChI is InChI=1S/C22H44N6O14/c23-1-4-9(30)11(32)7(25)16(37-4)22(36)17(14(35)18(27)42-21(22)28)41-20-13(34)15(6(3-29)39-20)40-19-8(26)12(33)10(31)5(2-24)38-19/h4-21,29-36H,1-3,23-28H2/t4?,5-,6-,7?,8?,9+,10-,11-,12?,13?,14?,15+,16-,17-,18-,19-,20+,21?,22+/m1/s1. The second-order valence-electron chi connectivity index (χ2n) is 11.0. The van der Waals surface area contributed by atoms with Gasteiger partial charge >= 0.3 is 0 Å². The van der Waals surface area contributed by atoms with E-state index in [-0.39, 0.29) is 13.1 Å². The third-order valence-corrected chi connectivity index (χ3v) is 8.37. The van der Waals surface area contributed by atoms with Gasteiger partial charge in [0.15, 0.2) is 18.2 Å². The fraction of sp³-hybridized carbons (Fsp3) is 1.00. The number of hydrogen-bond acceptors (Lipinski definition) is 20. The zero-order valence-electron chi connectivity index (χ0n) is 22.5. The first kappa shape index (κ1) is 34.1. The quantitative estimate of drug-likeness (QED) is 0.120. The van der Waals surface area contributed by atoms with Crippen LogP contribution in [0, 0.1) is 0 Å². The van der Waals surface area contributed by atoms with E-state index in [1.165, 1.54) is 0 Å². The molecule has 0 aliphatic carbocycles. The van der Waals surface area contributed by atoms with E-state index in [1.54, 1.807) is 0 Å². The van der Waals surface area contributed by atoms with Crippen molar-refractivity contribution in [2.75, 3.05) is 19.7 Å². The molecule has 0 aromatic heterocycles. The lowest BCUT2D eigenvalue weighted by atomic mass is 9.76. The molecule has 0 aromatic carbocycles. The van der Waals surface area contributed by atoms with Crippen LogP contribution in [0.1, 0.15) is 0 Å². The maximum Gasteiger partial charge on any atom is 0.187 e. The highest BCUT2D eigenvalue weighted by molar-refractivity contribution is 5.13. The molecule has 19 atom stereocenters. The molecule has 4 saturated heterocycles. The van der Waals surface area contributed by atoms with Crippen molar-refractivity contribution in [2.24, 2.45) is 34.4 Å². The van der Waals surface area contributed by atoms with E-state index in [2.05, 4.69) is 0 Å². The third kappa shape index (κ3) is 5.81. The molecule has 0 aromatic rings. The van der Waals surface area contributed by atoms with Crippen molar-refractivity contribution in [3.63, 3.8) is 0 Å². The molecule has 20 nitrogen and oxygen atoms in total. The van der Waals surface area contributed by atoms with Gasteiger partial charge in [-0.25, -0.2) is 0 Å². The third-order valence-electron chi connectivity index (χ3n) is 8.37. The molecule has 0 radical (unpaired) electrons. The van der Waals surface area contributed by atoms with Gasteiger partial charge in [-0.2, -0.15) is 0 Å². The Balaban J connectivity index is 1.58. The van der Waals surface area contributed by atoms with Gasteiger partial charge in [0, 0.05) is 13.1 Å². The van der Waals surface area contributed by atoms with Crippen LogP contribution < -0.4 is 34.4 Å². The Labute approximate surface area is 239 Å².